The second-order valence-corrected chi connectivity index (χ2v) is 8.21. The molecule has 4 rings (SSSR count). The summed E-state index contributed by atoms with van der Waals surface area (Å²) in [5.41, 5.74) is 5.74. The molecule has 1 amide bonds. The summed E-state index contributed by atoms with van der Waals surface area (Å²) in [6.45, 7) is 1.56. The molecule has 1 fully saturated rings. The molecule has 1 atom stereocenters. The van der Waals surface area contributed by atoms with E-state index in [1.165, 1.54) is 13.0 Å². The Bertz CT molecular complexity index is 1320. The van der Waals surface area contributed by atoms with Crippen molar-refractivity contribution in [2.75, 3.05) is 24.5 Å². The first-order valence-corrected chi connectivity index (χ1v) is 10.9. The zero-order valence-corrected chi connectivity index (χ0v) is 18.6. The van der Waals surface area contributed by atoms with Gasteiger partial charge in [-0.25, -0.2) is 13.6 Å². The molecule has 0 radical (unpaired) electrons. The summed E-state index contributed by atoms with van der Waals surface area (Å²) < 4.78 is 31.0. The Kier molecular flexibility index (Phi) is 6.60. The molecule has 34 heavy (non-hydrogen) atoms. The van der Waals surface area contributed by atoms with Crippen LogP contribution < -0.4 is 27.2 Å². The van der Waals surface area contributed by atoms with Crippen LogP contribution in [0.2, 0.25) is 0 Å². The monoisotopic (exact) mass is 469 g/mol. The summed E-state index contributed by atoms with van der Waals surface area (Å²) in [6, 6.07) is 11.8. The molecule has 0 aliphatic carbocycles. The number of hydrogen-bond donors (Lipinski definition) is 2. The fourth-order valence-corrected chi connectivity index (χ4v) is 4.17. The number of benzene rings is 2. The average Bonchev–Trinajstić information content (AvgIpc) is 2.81. The zero-order chi connectivity index (χ0) is 24.4. The van der Waals surface area contributed by atoms with Crippen LogP contribution in [0.4, 0.5) is 14.5 Å². The van der Waals surface area contributed by atoms with Crippen molar-refractivity contribution in [2.45, 2.75) is 26.1 Å². The van der Waals surface area contributed by atoms with E-state index in [0.29, 0.717) is 13.1 Å². The molecule has 3 N–H and O–H groups in total. The van der Waals surface area contributed by atoms with Crippen molar-refractivity contribution in [3.8, 4) is 0 Å². The number of piperazine rings is 1. The molecule has 1 saturated heterocycles. The molecule has 10 heteroatoms. The van der Waals surface area contributed by atoms with E-state index >= 15 is 0 Å². The lowest BCUT2D eigenvalue weighted by Crippen LogP contribution is -2.52. The van der Waals surface area contributed by atoms with Crippen LogP contribution in [0, 0.1) is 18.6 Å². The fraction of sp³-hybridized carbons (Fsp3) is 0.292. The van der Waals surface area contributed by atoms with Crippen LogP contribution in [-0.2, 0) is 17.9 Å². The van der Waals surface area contributed by atoms with Gasteiger partial charge in [-0.15, -0.1) is 0 Å². The Morgan fingerprint density at radius 1 is 1.00 bits per heavy atom. The quantitative estimate of drug-likeness (QED) is 0.566. The molecule has 178 valence electrons. The SMILES string of the molecule is Cc1c(N2CCNC(=O)C2)c(=O)n(CC(N)c2ccccc2)c(=O)n1Cc1c(F)cccc1F. The number of amides is 1. The minimum atomic E-state index is -0.802. The van der Waals surface area contributed by atoms with Crippen LogP contribution in [0.5, 0.6) is 0 Å². The van der Waals surface area contributed by atoms with Crippen molar-refractivity contribution < 1.29 is 13.6 Å². The van der Waals surface area contributed by atoms with Gasteiger partial charge in [-0.2, -0.15) is 0 Å². The summed E-state index contributed by atoms with van der Waals surface area (Å²) in [4.78, 5) is 40.5. The normalized spacial score (nSPS) is 14.7. The maximum atomic E-state index is 14.4. The van der Waals surface area contributed by atoms with Gasteiger partial charge < -0.3 is 16.0 Å². The number of nitrogens with two attached hydrogens (primary N) is 1. The maximum absolute atomic E-state index is 14.4. The van der Waals surface area contributed by atoms with Gasteiger partial charge in [-0.3, -0.25) is 18.7 Å². The van der Waals surface area contributed by atoms with Crippen molar-refractivity contribution in [3.63, 3.8) is 0 Å². The minimum Gasteiger partial charge on any atom is -0.355 e. The average molecular weight is 469 g/mol. The third kappa shape index (κ3) is 4.49. The number of carbonyl (C=O) groups is 1. The van der Waals surface area contributed by atoms with Gasteiger partial charge in [0.2, 0.25) is 5.91 Å². The fourth-order valence-electron chi connectivity index (χ4n) is 4.17. The Hall–Kier alpha value is -3.79. The first kappa shape index (κ1) is 23.4. The van der Waals surface area contributed by atoms with Crippen molar-refractivity contribution in [1.29, 1.82) is 0 Å². The number of halogens is 2. The smallest absolute Gasteiger partial charge is 0.331 e. The molecule has 1 aliphatic heterocycles. The summed E-state index contributed by atoms with van der Waals surface area (Å²) in [5, 5.41) is 2.69. The summed E-state index contributed by atoms with van der Waals surface area (Å²) in [5.74, 6) is -1.87. The van der Waals surface area contributed by atoms with Crippen LogP contribution in [0.3, 0.4) is 0 Å². The Morgan fingerprint density at radius 3 is 2.32 bits per heavy atom. The van der Waals surface area contributed by atoms with Gasteiger partial charge in [0.15, 0.2) is 0 Å². The van der Waals surface area contributed by atoms with Gasteiger partial charge in [0.25, 0.3) is 5.56 Å². The van der Waals surface area contributed by atoms with Crippen LogP contribution >= 0.6 is 0 Å². The number of carbonyl (C=O) groups excluding carboxylic acids is 1. The Labute approximate surface area is 194 Å². The van der Waals surface area contributed by atoms with Crippen molar-refractivity contribution in [2.24, 2.45) is 5.73 Å². The first-order chi connectivity index (χ1) is 16.3. The molecule has 1 aromatic heterocycles. The lowest BCUT2D eigenvalue weighted by molar-refractivity contribution is -0.120. The lowest BCUT2D eigenvalue weighted by Gasteiger charge is -2.31. The molecule has 2 heterocycles. The van der Waals surface area contributed by atoms with E-state index in [0.717, 1.165) is 26.8 Å². The lowest BCUT2D eigenvalue weighted by atomic mass is 10.1. The number of anilines is 1. The molecular formula is C24H25F2N5O3. The molecule has 8 nitrogen and oxygen atoms in total. The van der Waals surface area contributed by atoms with Gasteiger partial charge in [-0.1, -0.05) is 36.4 Å². The van der Waals surface area contributed by atoms with Crippen LogP contribution in [0.1, 0.15) is 22.9 Å². The predicted octanol–water partition coefficient (Wildman–Crippen LogP) is 1.28. The van der Waals surface area contributed by atoms with E-state index < -0.39 is 35.5 Å². The highest BCUT2D eigenvalue weighted by Crippen LogP contribution is 2.19. The molecule has 2 aromatic carbocycles. The van der Waals surface area contributed by atoms with Crippen LogP contribution in [0.15, 0.2) is 58.1 Å². The van der Waals surface area contributed by atoms with E-state index in [9.17, 15) is 23.2 Å². The second-order valence-electron chi connectivity index (χ2n) is 8.21. The zero-order valence-electron chi connectivity index (χ0n) is 18.6. The Balaban J connectivity index is 1.87. The van der Waals surface area contributed by atoms with Crippen LogP contribution in [-0.4, -0.2) is 34.7 Å². The largest absolute Gasteiger partial charge is 0.355 e. The van der Waals surface area contributed by atoms with Gasteiger partial charge >= 0.3 is 5.69 Å². The highest BCUT2D eigenvalue weighted by atomic mass is 19.1. The predicted molar refractivity (Wildman–Crippen MR) is 124 cm³/mol. The number of nitrogens with zero attached hydrogens (tertiary/aromatic N) is 3. The number of rotatable bonds is 6. The van der Waals surface area contributed by atoms with Crippen molar-refractivity contribution >= 4 is 11.6 Å². The standard InChI is InChI=1S/C24H25F2N5O3/c1-15-22(29-11-10-28-21(32)14-29)23(33)31(13-20(27)16-6-3-2-4-7-16)24(34)30(15)12-17-18(25)8-5-9-19(17)26/h2-9,20H,10-14,27H2,1H3,(H,28,32). The van der Waals surface area contributed by atoms with Crippen molar-refractivity contribution in [3.05, 3.63) is 97.8 Å². The molecule has 1 unspecified atom stereocenters. The summed E-state index contributed by atoms with van der Waals surface area (Å²) in [6.07, 6.45) is 0. The molecule has 3 aromatic rings. The van der Waals surface area contributed by atoms with E-state index in [-0.39, 0.29) is 35.9 Å². The molecule has 1 aliphatic rings. The van der Waals surface area contributed by atoms with E-state index in [1.54, 1.807) is 29.2 Å². The highest BCUT2D eigenvalue weighted by Gasteiger charge is 2.26. The third-order valence-electron chi connectivity index (χ3n) is 6.00. The van der Waals surface area contributed by atoms with E-state index in [1.807, 2.05) is 6.07 Å². The summed E-state index contributed by atoms with van der Waals surface area (Å²) in [7, 11) is 0. The first-order valence-electron chi connectivity index (χ1n) is 10.9. The van der Waals surface area contributed by atoms with Crippen LogP contribution in [0.25, 0.3) is 0 Å². The second kappa shape index (κ2) is 9.60. The van der Waals surface area contributed by atoms with E-state index in [2.05, 4.69) is 5.32 Å². The number of aromatic nitrogens is 2. The van der Waals surface area contributed by atoms with Crippen molar-refractivity contribution in [1.82, 2.24) is 14.5 Å². The summed E-state index contributed by atoms with van der Waals surface area (Å²) >= 11 is 0. The van der Waals surface area contributed by atoms with E-state index in [4.69, 9.17) is 5.73 Å². The third-order valence-corrected chi connectivity index (χ3v) is 6.00. The molecule has 0 spiro atoms. The van der Waals surface area contributed by atoms with Gasteiger partial charge in [0, 0.05) is 30.4 Å². The molecule has 0 bridgehead atoms. The van der Waals surface area contributed by atoms with Gasteiger partial charge in [-0.05, 0) is 24.6 Å². The molecular weight excluding hydrogens is 444 g/mol. The topological polar surface area (TPSA) is 102 Å². The highest BCUT2D eigenvalue weighted by molar-refractivity contribution is 5.82. The maximum Gasteiger partial charge on any atom is 0.331 e. The number of nitrogens with one attached hydrogen (secondary N) is 1. The Morgan fingerprint density at radius 2 is 1.68 bits per heavy atom. The van der Waals surface area contributed by atoms with Gasteiger partial charge in [0.05, 0.1) is 19.6 Å². The minimum absolute atomic E-state index is 0.0763. The van der Waals surface area contributed by atoms with Gasteiger partial charge in [0.1, 0.15) is 17.3 Å². The number of hydrogen-bond acceptors (Lipinski definition) is 5. The molecule has 0 saturated carbocycles.